The van der Waals surface area contributed by atoms with E-state index in [9.17, 15) is 4.79 Å². The van der Waals surface area contributed by atoms with Crippen LogP contribution in [-0.2, 0) is 16.0 Å². The van der Waals surface area contributed by atoms with Gasteiger partial charge in [0.2, 0.25) is 5.91 Å². The van der Waals surface area contributed by atoms with Crippen molar-refractivity contribution in [2.45, 2.75) is 18.9 Å². The molecule has 0 bridgehead atoms. The minimum atomic E-state index is 0.203. The van der Waals surface area contributed by atoms with Crippen molar-refractivity contribution in [1.29, 1.82) is 0 Å². The highest BCUT2D eigenvalue weighted by atomic mass is 16.5. The van der Waals surface area contributed by atoms with Crippen molar-refractivity contribution in [3.05, 3.63) is 29.3 Å². The van der Waals surface area contributed by atoms with Crippen LogP contribution in [0.2, 0.25) is 0 Å². The fourth-order valence-electron chi connectivity index (χ4n) is 2.67. The standard InChI is InChI=1S/C14H18N2O2/c1-16-13-4-2-10(12-9-18-7-6-15-12)8-11(13)3-5-14(16)17/h2,4,8,12,15H,3,5-7,9H2,1H3. The van der Waals surface area contributed by atoms with E-state index in [2.05, 4.69) is 23.5 Å². The lowest BCUT2D eigenvalue weighted by atomic mass is 9.96. The first-order valence-corrected chi connectivity index (χ1v) is 6.46. The number of aryl methyl sites for hydroxylation is 1. The molecule has 18 heavy (non-hydrogen) atoms. The Balaban J connectivity index is 1.89. The number of rotatable bonds is 1. The van der Waals surface area contributed by atoms with E-state index in [1.807, 2.05) is 7.05 Å². The predicted octanol–water partition coefficient (Wildman–Crippen LogP) is 1.26. The number of nitrogens with one attached hydrogen (secondary N) is 1. The highest BCUT2D eigenvalue weighted by Crippen LogP contribution is 2.29. The molecule has 2 heterocycles. The summed E-state index contributed by atoms with van der Waals surface area (Å²) >= 11 is 0. The van der Waals surface area contributed by atoms with Gasteiger partial charge in [-0.3, -0.25) is 4.79 Å². The number of amides is 1. The van der Waals surface area contributed by atoms with Crippen molar-refractivity contribution < 1.29 is 9.53 Å². The number of morpholine rings is 1. The van der Waals surface area contributed by atoms with Crippen molar-refractivity contribution >= 4 is 11.6 Å². The van der Waals surface area contributed by atoms with E-state index >= 15 is 0 Å². The molecule has 1 saturated heterocycles. The molecule has 1 aromatic carbocycles. The van der Waals surface area contributed by atoms with Gasteiger partial charge in [-0.1, -0.05) is 12.1 Å². The first kappa shape index (κ1) is 11.7. The normalized spacial score (nSPS) is 23.9. The van der Waals surface area contributed by atoms with Crippen LogP contribution in [0.4, 0.5) is 5.69 Å². The van der Waals surface area contributed by atoms with Crippen LogP contribution < -0.4 is 10.2 Å². The number of carbonyl (C=O) groups excluding carboxylic acids is 1. The van der Waals surface area contributed by atoms with E-state index in [4.69, 9.17) is 4.74 Å². The van der Waals surface area contributed by atoms with Gasteiger partial charge in [-0.15, -0.1) is 0 Å². The molecule has 1 atom stereocenters. The molecule has 0 radical (unpaired) electrons. The van der Waals surface area contributed by atoms with E-state index in [-0.39, 0.29) is 11.9 Å². The number of nitrogens with zero attached hydrogens (tertiary/aromatic N) is 1. The van der Waals surface area contributed by atoms with E-state index < -0.39 is 0 Å². The van der Waals surface area contributed by atoms with Crippen LogP contribution in [0.15, 0.2) is 18.2 Å². The van der Waals surface area contributed by atoms with E-state index in [0.29, 0.717) is 6.42 Å². The molecule has 2 aliphatic rings. The van der Waals surface area contributed by atoms with Crippen LogP contribution in [0, 0.1) is 0 Å². The Hall–Kier alpha value is -1.39. The van der Waals surface area contributed by atoms with Crippen LogP contribution in [0.5, 0.6) is 0 Å². The molecule has 0 aromatic heterocycles. The van der Waals surface area contributed by atoms with Crippen molar-refractivity contribution in [2.24, 2.45) is 0 Å². The quantitative estimate of drug-likeness (QED) is 0.811. The van der Waals surface area contributed by atoms with Crippen molar-refractivity contribution in [3.8, 4) is 0 Å². The summed E-state index contributed by atoms with van der Waals surface area (Å²) in [6.45, 7) is 2.42. The molecule has 1 fully saturated rings. The summed E-state index contributed by atoms with van der Waals surface area (Å²) in [6, 6.07) is 6.65. The molecule has 1 N–H and O–H groups in total. The molecule has 2 aliphatic heterocycles. The molecule has 4 heteroatoms. The van der Waals surface area contributed by atoms with Gasteiger partial charge in [-0.05, 0) is 23.6 Å². The van der Waals surface area contributed by atoms with Crippen LogP contribution in [0.3, 0.4) is 0 Å². The second kappa shape index (κ2) is 4.71. The monoisotopic (exact) mass is 246 g/mol. The van der Waals surface area contributed by atoms with Gasteiger partial charge in [-0.2, -0.15) is 0 Å². The molecular formula is C14H18N2O2. The van der Waals surface area contributed by atoms with Gasteiger partial charge in [0, 0.05) is 25.7 Å². The summed E-state index contributed by atoms with van der Waals surface area (Å²) < 4.78 is 5.49. The Kier molecular flexibility index (Phi) is 3.06. The molecule has 0 spiro atoms. The second-order valence-electron chi connectivity index (χ2n) is 4.92. The van der Waals surface area contributed by atoms with Crippen LogP contribution in [-0.4, -0.2) is 32.7 Å². The fraction of sp³-hybridized carbons (Fsp3) is 0.500. The Morgan fingerprint density at radius 3 is 3.06 bits per heavy atom. The zero-order valence-corrected chi connectivity index (χ0v) is 10.6. The molecule has 1 amide bonds. The molecule has 0 saturated carbocycles. The minimum Gasteiger partial charge on any atom is -0.378 e. The number of carbonyl (C=O) groups is 1. The summed E-state index contributed by atoms with van der Waals surface area (Å²) in [5.41, 5.74) is 3.57. The van der Waals surface area contributed by atoms with Crippen molar-refractivity contribution in [1.82, 2.24) is 5.32 Å². The van der Waals surface area contributed by atoms with Gasteiger partial charge in [-0.25, -0.2) is 0 Å². The Bertz CT molecular complexity index is 467. The van der Waals surface area contributed by atoms with E-state index in [1.165, 1.54) is 11.1 Å². The van der Waals surface area contributed by atoms with E-state index in [0.717, 1.165) is 31.9 Å². The summed E-state index contributed by atoms with van der Waals surface area (Å²) in [5.74, 6) is 0.203. The fourth-order valence-corrected chi connectivity index (χ4v) is 2.67. The SMILES string of the molecule is CN1C(=O)CCc2cc(C3COCCN3)ccc21. The topological polar surface area (TPSA) is 41.6 Å². The average Bonchev–Trinajstić information content (AvgIpc) is 2.44. The molecule has 0 aliphatic carbocycles. The lowest BCUT2D eigenvalue weighted by Gasteiger charge is -2.29. The molecular weight excluding hydrogens is 228 g/mol. The van der Waals surface area contributed by atoms with Crippen LogP contribution >= 0.6 is 0 Å². The largest absolute Gasteiger partial charge is 0.378 e. The Morgan fingerprint density at radius 2 is 2.28 bits per heavy atom. The van der Waals surface area contributed by atoms with Gasteiger partial charge in [0.05, 0.1) is 19.3 Å². The number of hydrogen-bond donors (Lipinski definition) is 1. The number of anilines is 1. The van der Waals surface area contributed by atoms with Gasteiger partial charge >= 0.3 is 0 Å². The number of fused-ring (bicyclic) bond motifs is 1. The first-order valence-electron chi connectivity index (χ1n) is 6.46. The lowest BCUT2D eigenvalue weighted by Crippen LogP contribution is -2.35. The third-order valence-electron chi connectivity index (χ3n) is 3.77. The zero-order valence-electron chi connectivity index (χ0n) is 10.6. The zero-order chi connectivity index (χ0) is 12.5. The highest BCUT2D eigenvalue weighted by Gasteiger charge is 2.22. The van der Waals surface area contributed by atoms with Crippen molar-refractivity contribution in [3.63, 3.8) is 0 Å². The molecule has 1 unspecified atom stereocenters. The van der Waals surface area contributed by atoms with Gasteiger partial charge in [0.1, 0.15) is 0 Å². The number of benzene rings is 1. The minimum absolute atomic E-state index is 0.203. The first-order chi connectivity index (χ1) is 8.75. The van der Waals surface area contributed by atoms with Crippen molar-refractivity contribution in [2.75, 3.05) is 31.7 Å². The summed E-state index contributed by atoms with van der Waals surface area (Å²) in [6.07, 6.45) is 1.46. The smallest absolute Gasteiger partial charge is 0.227 e. The molecule has 1 aromatic rings. The Labute approximate surface area is 107 Å². The summed E-state index contributed by atoms with van der Waals surface area (Å²) in [4.78, 5) is 13.4. The average molecular weight is 246 g/mol. The maximum absolute atomic E-state index is 11.6. The van der Waals surface area contributed by atoms with Gasteiger partial charge in [0.25, 0.3) is 0 Å². The molecule has 4 nitrogen and oxygen atoms in total. The van der Waals surface area contributed by atoms with Gasteiger partial charge in [0.15, 0.2) is 0 Å². The van der Waals surface area contributed by atoms with E-state index in [1.54, 1.807) is 4.90 Å². The lowest BCUT2D eigenvalue weighted by molar-refractivity contribution is -0.118. The molecule has 96 valence electrons. The Morgan fingerprint density at radius 1 is 1.39 bits per heavy atom. The van der Waals surface area contributed by atoms with Gasteiger partial charge < -0.3 is 15.0 Å². The van der Waals surface area contributed by atoms with Crippen LogP contribution in [0.1, 0.15) is 23.6 Å². The maximum atomic E-state index is 11.6. The third kappa shape index (κ3) is 2.02. The predicted molar refractivity (Wildman–Crippen MR) is 69.7 cm³/mol. The highest BCUT2D eigenvalue weighted by molar-refractivity contribution is 5.95. The number of ether oxygens (including phenoxy) is 1. The summed E-state index contributed by atoms with van der Waals surface area (Å²) in [5, 5.41) is 3.46. The maximum Gasteiger partial charge on any atom is 0.227 e. The van der Waals surface area contributed by atoms with Crippen LogP contribution in [0.25, 0.3) is 0 Å². The second-order valence-corrected chi connectivity index (χ2v) is 4.92. The molecule has 3 rings (SSSR count). The number of hydrogen-bond acceptors (Lipinski definition) is 3. The third-order valence-corrected chi connectivity index (χ3v) is 3.77. The summed E-state index contributed by atoms with van der Waals surface area (Å²) in [7, 11) is 1.85.